The summed E-state index contributed by atoms with van der Waals surface area (Å²) in [6, 6.07) is 3.78. The molecule has 17 heavy (non-hydrogen) atoms. The number of nitrogens with one attached hydrogen (secondary N) is 2. The second-order valence-electron chi connectivity index (χ2n) is 3.51. The van der Waals surface area contributed by atoms with Crippen LogP contribution in [0.15, 0.2) is 23.6 Å². The third kappa shape index (κ3) is 1.84. The molecule has 0 saturated heterocycles. The molecule has 0 radical (unpaired) electrons. The minimum atomic E-state index is -0.857. The van der Waals surface area contributed by atoms with Crippen molar-refractivity contribution in [3.8, 4) is 0 Å². The van der Waals surface area contributed by atoms with Crippen LogP contribution < -0.4 is 0 Å². The number of hydrogen-bond acceptors (Lipinski definition) is 4. The second-order valence-corrected chi connectivity index (χ2v) is 4.48. The maximum atomic E-state index is 10.5. The summed E-state index contributed by atoms with van der Waals surface area (Å²) in [5.74, 6) is -0.861. The Morgan fingerprint density at radius 2 is 2.24 bits per heavy atom. The summed E-state index contributed by atoms with van der Waals surface area (Å²) in [5, 5.41) is 9.20. The number of H-pyrrole nitrogens is 2. The molecule has 3 rings (SSSR count). The molecule has 0 aliphatic heterocycles. The highest BCUT2D eigenvalue weighted by Crippen LogP contribution is 2.22. The molecule has 1 aromatic carbocycles. The van der Waals surface area contributed by atoms with Crippen LogP contribution in [0.4, 0.5) is 0 Å². The molecule has 2 aromatic heterocycles. The van der Waals surface area contributed by atoms with Gasteiger partial charge < -0.3 is 15.1 Å². The van der Waals surface area contributed by atoms with Gasteiger partial charge in [0.1, 0.15) is 0 Å². The number of thioether (sulfide) groups is 1. The van der Waals surface area contributed by atoms with E-state index in [-0.39, 0.29) is 5.75 Å². The van der Waals surface area contributed by atoms with Crippen molar-refractivity contribution in [2.24, 2.45) is 0 Å². The highest BCUT2D eigenvalue weighted by molar-refractivity contribution is 7.99. The monoisotopic (exact) mass is 248 g/mol. The molecule has 0 amide bonds. The SMILES string of the molecule is O=C(O)CSc1nc2cc3nc[nH]c3cc2[nH]1. The average Bonchev–Trinajstić information content (AvgIpc) is 2.87. The first-order valence-electron chi connectivity index (χ1n) is 4.90. The molecule has 0 fully saturated rings. The molecule has 6 nitrogen and oxygen atoms in total. The van der Waals surface area contributed by atoms with E-state index in [0.717, 1.165) is 22.1 Å². The van der Waals surface area contributed by atoms with Crippen molar-refractivity contribution in [1.29, 1.82) is 0 Å². The third-order valence-electron chi connectivity index (χ3n) is 2.33. The van der Waals surface area contributed by atoms with Gasteiger partial charge in [0.05, 0.1) is 34.1 Å². The number of carboxylic acids is 1. The summed E-state index contributed by atoms with van der Waals surface area (Å²) in [6.45, 7) is 0. The number of carboxylic acid groups (broad SMARTS) is 1. The maximum absolute atomic E-state index is 10.5. The predicted octanol–water partition coefficient (Wildman–Crippen LogP) is 1.62. The van der Waals surface area contributed by atoms with Gasteiger partial charge >= 0.3 is 5.97 Å². The molecule has 0 bridgehead atoms. The average molecular weight is 248 g/mol. The zero-order valence-electron chi connectivity index (χ0n) is 8.60. The van der Waals surface area contributed by atoms with Crippen molar-refractivity contribution in [1.82, 2.24) is 19.9 Å². The van der Waals surface area contributed by atoms with E-state index in [0.29, 0.717) is 5.16 Å². The van der Waals surface area contributed by atoms with E-state index in [1.165, 1.54) is 11.8 Å². The molecule has 0 spiro atoms. The van der Waals surface area contributed by atoms with E-state index in [1.807, 2.05) is 12.1 Å². The number of fused-ring (bicyclic) bond motifs is 2. The number of imidazole rings is 2. The number of benzene rings is 1. The van der Waals surface area contributed by atoms with Crippen LogP contribution in [0.5, 0.6) is 0 Å². The summed E-state index contributed by atoms with van der Waals surface area (Å²) in [4.78, 5) is 25.0. The van der Waals surface area contributed by atoms with Gasteiger partial charge in [0, 0.05) is 0 Å². The van der Waals surface area contributed by atoms with Crippen molar-refractivity contribution in [2.45, 2.75) is 5.16 Å². The molecule has 86 valence electrons. The highest BCUT2D eigenvalue weighted by Gasteiger charge is 2.07. The number of aromatic nitrogens is 4. The van der Waals surface area contributed by atoms with Crippen molar-refractivity contribution >= 4 is 39.8 Å². The second kappa shape index (κ2) is 3.77. The van der Waals surface area contributed by atoms with Crippen LogP contribution >= 0.6 is 11.8 Å². The van der Waals surface area contributed by atoms with E-state index in [2.05, 4.69) is 19.9 Å². The minimum absolute atomic E-state index is 0.00403. The largest absolute Gasteiger partial charge is 0.481 e. The van der Waals surface area contributed by atoms with Crippen molar-refractivity contribution in [3.05, 3.63) is 18.5 Å². The molecule has 3 aromatic rings. The molecule has 3 N–H and O–H groups in total. The van der Waals surface area contributed by atoms with E-state index in [9.17, 15) is 4.79 Å². The lowest BCUT2D eigenvalue weighted by molar-refractivity contribution is -0.133. The molecule has 0 unspecified atom stereocenters. The van der Waals surface area contributed by atoms with E-state index < -0.39 is 5.97 Å². The zero-order chi connectivity index (χ0) is 11.8. The number of nitrogens with zero attached hydrogens (tertiary/aromatic N) is 2. The van der Waals surface area contributed by atoms with Gasteiger partial charge in [0.2, 0.25) is 0 Å². The minimum Gasteiger partial charge on any atom is -0.481 e. The molecule has 7 heteroatoms. The number of rotatable bonds is 3. The van der Waals surface area contributed by atoms with E-state index >= 15 is 0 Å². The standard InChI is InChI=1S/C10H8N4O2S/c15-9(16)3-17-10-13-7-1-5-6(12-4-11-5)2-8(7)14-10/h1-2,4H,3H2,(H,11,12)(H,13,14)(H,15,16). The third-order valence-corrected chi connectivity index (χ3v) is 3.19. The first-order valence-corrected chi connectivity index (χ1v) is 5.88. The summed E-state index contributed by atoms with van der Waals surface area (Å²) in [7, 11) is 0. The summed E-state index contributed by atoms with van der Waals surface area (Å²) >= 11 is 1.17. The zero-order valence-corrected chi connectivity index (χ0v) is 9.41. The van der Waals surface area contributed by atoms with Crippen LogP contribution in [0.25, 0.3) is 22.1 Å². The van der Waals surface area contributed by atoms with Crippen molar-refractivity contribution < 1.29 is 9.90 Å². The fourth-order valence-corrected chi connectivity index (χ4v) is 2.22. The van der Waals surface area contributed by atoms with Crippen molar-refractivity contribution in [2.75, 3.05) is 5.75 Å². The Labute approximate surface area is 99.5 Å². The van der Waals surface area contributed by atoms with Gasteiger partial charge in [-0.1, -0.05) is 11.8 Å². The molecule has 0 saturated carbocycles. The molecular weight excluding hydrogens is 240 g/mol. The Bertz CT molecular complexity index is 655. The Balaban J connectivity index is 2.02. The fourth-order valence-electron chi connectivity index (χ4n) is 1.61. The van der Waals surface area contributed by atoms with Gasteiger partial charge in [-0.3, -0.25) is 4.79 Å². The number of aliphatic carboxylic acids is 1. The van der Waals surface area contributed by atoms with Gasteiger partial charge in [-0.2, -0.15) is 0 Å². The van der Waals surface area contributed by atoms with Gasteiger partial charge in [0.25, 0.3) is 0 Å². The lowest BCUT2D eigenvalue weighted by atomic mass is 10.3. The lowest BCUT2D eigenvalue weighted by Crippen LogP contribution is -1.97. The van der Waals surface area contributed by atoms with Crippen LogP contribution in [-0.4, -0.2) is 36.8 Å². The highest BCUT2D eigenvalue weighted by atomic mass is 32.2. The Kier molecular flexibility index (Phi) is 2.25. The van der Waals surface area contributed by atoms with Crippen LogP contribution in [0.2, 0.25) is 0 Å². The van der Waals surface area contributed by atoms with Crippen LogP contribution in [0.3, 0.4) is 0 Å². The molecular formula is C10H8N4O2S. The summed E-state index contributed by atoms with van der Waals surface area (Å²) in [5.41, 5.74) is 3.43. The van der Waals surface area contributed by atoms with E-state index in [4.69, 9.17) is 5.11 Å². The van der Waals surface area contributed by atoms with Crippen LogP contribution in [0.1, 0.15) is 0 Å². The van der Waals surface area contributed by atoms with Gasteiger partial charge in [-0.25, -0.2) is 9.97 Å². The Morgan fingerprint density at radius 1 is 1.35 bits per heavy atom. The maximum Gasteiger partial charge on any atom is 0.313 e. The first kappa shape index (κ1) is 10.2. The summed E-state index contributed by atoms with van der Waals surface area (Å²) < 4.78 is 0. The summed E-state index contributed by atoms with van der Waals surface area (Å²) in [6.07, 6.45) is 1.63. The smallest absolute Gasteiger partial charge is 0.313 e. The topological polar surface area (TPSA) is 94.7 Å². The fraction of sp³-hybridized carbons (Fsp3) is 0.100. The van der Waals surface area contributed by atoms with Gasteiger partial charge in [-0.05, 0) is 12.1 Å². The normalized spacial score (nSPS) is 11.3. The van der Waals surface area contributed by atoms with Crippen LogP contribution in [0, 0.1) is 0 Å². The lowest BCUT2D eigenvalue weighted by Gasteiger charge is -1.89. The number of hydrogen-bond donors (Lipinski definition) is 3. The van der Waals surface area contributed by atoms with Gasteiger partial charge in [-0.15, -0.1) is 0 Å². The Morgan fingerprint density at radius 3 is 3.06 bits per heavy atom. The number of aromatic amines is 2. The Hall–Kier alpha value is -2.02. The van der Waals surface area contributed by atoms with Gasteiger partial charge in [0.15, 0.2) is 5.16 Å². The quantitative estimate of drug-likeness (QED) is 0.612. The number of carbonyl (C=O) groups is 1. The molecule has 0 aliphatic carbocycles. The van der Waals surface area contributed by atoms with E-state index in [1.54, 1.807) is 6.33 Å². The van der Waals surface area contributed by atoms with Crippen LogP contribution in [-0.2, 0) is 4.79 Å². The molecule has 0 atom stereocenters. The first-order chi connectivity index (χ1) is 8.22. The van der Waals surface area contributed by atoms with Crippen molar-refractivity contribution in [3.63, 3.8) is 0 Å². The molecule has 0 aliphatic rings. The molecule has 2 heterocycles. The predicted molar refractivity (Wildman–Crippen MR) is 64.1 cm³/mol.